The van der Waals surface area contributed by atoms with Crippen molar-refractivity contribution < 1.29 is 9.59 Å². The second-order valence-corrected chi connectivity index (χ2v) is 4.98. The predicted octanol–water partition coefficient (Wildman–Crippen LogP) is 2.40. The minimum absolute atomic E-state index is 0.0833. The van der Waals surface area contributed by atoms with Gasteiger partial charge in [0.05, 0.1) is 10.8 Å². The average molecular weight is 206 g/mol. The summed E-state index contributed by atoms with van der Waals surface area (Å²) < 4.78 is 0. The van der Waals surface area contributed by atoms with Gasteiger partial charge in [-0.25, -0.2) is 0 Å². The smallest absolute Gasteiger partial charge is 0.183 e. The third-order valence-electron chi connectivity index (χ3n) is 3.32. The first-order valence-electron chi connectivity index (χ1n) is 4.91. The van der Waals surface area contributed by atoms with Crippen molar-refractivity contribution in [3.8, 4) is 0 Å². The van der Waals surface area contributed by atoms with Gasteiger partial charge in [-0.15, -0.1) is 11.3 Å². The Balaban J connectivity index is 2.20. The first kappa shape index (κ1) is 8.36. The molecule has 72 valence electrons. The van der Waals surface area contributed by atoms with Crippen molar-refractivity contribution >= 4 is 22.9 Å². The van der Waals surface area contributed by atoms with E-state index in [-0.39, 0.29) is 17.5 Å². The highest BCUT2D eigenvalue weighted by Crippen LogP contribution is 2.43. The number of carbonyl (C=O) groups is 2. The van der Waals surface area contributed by atoms with Crippen molar-refractivity contribution in [2.24, 2.45) is 5.92 Å². The molecular formula is C11H10O2S. The first-order valence-corrected chi connectivity index (χ1v) is 5.79. The number of rotatable bonds is 0. The van der Waals surface area contributed by atoms with E-state index in [9.17, 15) is 9.59 Å². The Labute approximate surface area is 85.9 Å². The van der Waals surface area contributed by atoms with E-state index in [4.69, 9.17) is 0 Å². The van der Waals surface area contributed by atoms with Crippen molar-refractivity contribution in [2.45, 2.75) is 25.2 Å². The van der Waals surface area contributed by atoms with E-state index in [1.54, 1.807) is 0 Å². The Bertz CT molecular complexity index is 419. The van der Waals surface area contributed by atoms with Crippen LogP contribution >= 0.6 is 11.3 Å². The Morgan fingerprint density at radius 1 is 1.29 bits per heavy atom. The lowest BCUT2D eigenvalue weighted by molar-refractivity contribution is -0.123. The van der Waals surface area contributed by atoms with Gasteiger partial charge in [-0.05, 0) is 35.8 Å². The minimum Gasteiger partial charge on any atom is -0.299 e. The molecule has 2 bridgehead atoms. The standard InChI is InChI=1S/C11H10O2S/c12-9-5-6-1-2-8(9)10(13)11-7(6)3-4-14-11/h3-4,6,8H,1-2,5H2/t6-,8+/m0/s1. The molecule has 3 heteroatoms. The maximum Gasteiger partial charge on any atom is 0.183 e. The van der Waals surface area contributed by atoms with Gasteiger partial charge < -0.3 is 0 Å². The van der Waals surface area contributed by atoms with E-state index in [0.717, 1.165) is 23.3 Å². The number of carbonyl (C=O) groups excluding carboxylic acids is 2. The fourth-order valence-electron chi connectivity index (χ4n) is 2.56. The second kappa shape index (κ2) is 2.76. The van der Waals surface area contributed by atoms with Gasteiger partial charge in [0.1, 0.15) is 5.78 Å². The molecule has 0 saturated heterocycles. The highest BCUT2D eigenvalue weighted by atomic mass is 32.1. The fourth-order valence-corrected chi connectivity index (χ4v) is 3.54. The molecular weight excluding hydrogens is 196 g/mol. The Hall–Kier alpha value is -0.960. The second-order valence-electron chi connectivity index (χ2n) is 4.07. The number of thiophene rings is 1. The van der Waals surface area contributed by atoms with Crippen molar-refractivity contribution in [3.63, 3.8) is 0 Å². The average Bonchev–Trinajstić information content (AvgIpc) is 2.58. The van der Waals surface area contributed by atoms with Crippen LogP contribution in [-0.2, 0) is 4.79 Å². The van der Waals surface area contributed by atoms with E-state index >= 15 is 0 Å². The van der Waals surface area contributed by atoms with Gasteiger partial charge in [0, 0.05) is 6.42 Å². The van der Waals surface area contributed by atoms with Crippen LogP contribution < -0.4 is 0 Å². The molecule has 0 spiro atoms. The lowest BCUT2D eigenvalue weighted by Gasteiger charge is -2.20. The van der Waals surface area contributed by atoms with Crippen LogP contribution in [0, 0.1) is 5.92 Å². The zero-order valence-electron chi connectivity index (χ0n) is 7.66. The number of fused-ring (bicyclic) bond motifs is 2. The van der Waals surface area contributed by atoms with Gasteiger partial charge in [-0.3, -0.25) is 9.59 Å². The molecule has 4 rings (SSSR count). The monoisotopic (exact) mass is 206 g/mol. The van der Waals surface area contributed by atoms with Crippen LogP contribution in [-0.4, -0.2) is 11.6 Å². The lowest BCUT2D eigenvalue weighted by Crippen LogP contribution is -2.25. The molecule has 3 aliphatic rings. The summed E-state index contributed by atoms with van der Waals surface area (Å²) in [6.07, 6.45) is 2.36. The molecule has 1 saturated carbocycles. The van der Waals surface area contributed by atoms with E-state index in [2.05, 4.69) is 0 Å². The molecule has 1 heterocycles. The van der Waals surface area contributed by atoms with E-state index in [0.29, 0.717) is 12.3 Å². The number of Topliss-reactive ketones (excluding diaryl/α,β-unsaturated/α-hetero) is 2. The fraction of sp³-hybridized carbons (Fsp3) is 0.455. The maximum atomic E-state index is 12.0. The van der Waals surface area contributed by atoms with Gasteiger partial charge in [-0.2, -0.15) is 0 Å². The van der Waals surface area contributed by atoms with E-state index < -0.39 is 0 Å². The Morgan fingerprint density at radius 2 is 2.14 bits per heavy atom. The van der Waals surface area contributed by atoms with Crippen LogP contribution in [0.15, 0.2) is 11.4 Å². The molecule has 0 radical (unpaired) electrons. The SMILES string of the molecule is O=C1C[C@@H]2CC[C@H]1C(=O)c1sccc12. The van der Waals surface area contributed by atoms with Crippen molar-refractivity contribution in [2.75, 3.05) is 0 Å². The van der Waals surface area contributed by atoms with E-state index in [1.165, 1.54) is 11.3 Å². The maximum absolute atomic E-state index is 12.0. The molecule has 0 amide bonds. The van der Waals surface area contributed by atoms with Gasteiger partial charge >= 0.3 is 0 Å². The quantitative estimate of drug-likeness (QED) is 0.611. The van der Waals surface area contributed by atoms with Crippen LogP contribution in [0.25, 0.3) is 0 Å². The summed E-state index contributed by atoms with van der Waals surface area (Å²) in [6, 6.07) is 2.02. The third kappa shape index (κ3) is 0.960. The van der Waals surface area contributed by atoms with E-state index in [1.807, 2.05) is 11.4 Å². The van der Waals surface area contributed by atoms with Crippen molar-refractivity contribution in [3.05, 3.63) is 21.9 Å². The predicted molar refractivity (Wildman–Crippen MR) is 53.7 cm³/mol. The molecule has 14 heavy (non-hydrogen) atoms. The zero-order chi connectivity index (χ0) is 9.71. The zero-order valence-corrected chi connectivity index (χ0v) is 8.47. The summed E-state index contributed by atoms with van der Waals surface area (Å²) in [5.41, 5.74) is 1.13. The van der Waals surface area contributed by atoms with Crippen LogP contribution in [0.5, 0.6) is 0 Å². The molecule has 0 unspecified atom stereocenters. The molecule has 1 aromatic rings. The van der Waals surface area contributed by atoms with Gasteiger partial charge in [0.25, 0.3) is 0 Å². The van der Waals surface area contributed by atoms with Crippen LogP contribution in [0.2, 0.25) is 0 Å². The minimum atomic E-state index is -0.314. The largest absolute Gasteiger partial charge is 0.299 e. The topological polar surface area (TPSA) is 34.1 Å². The van der Waals surface area contributed by atoms with Crippen molar-refractivity contribution in [1.82, 2.24) is 0 Å². The highest BCUT2D eigenvalue weighted by molar-refractivity contribution is 7.12. The molecule has 0 aromatic carbocycles. The molecule has 3 aliphatic carbocycles. The van der Waals surface area contributed by atoms with Gasteiger partial charge in [0.2, 0.25) is 0 Å². The summed E-state index contributed by atoms with van der Waals surface area (Å²) in [7, 11) is 0. The summed E-state index contributed by atoms with van der Waals surface area (Å²) in [6.45, 7) is 0. The van der Waals surface area contributed by atoms with Crippen LogP contribution in [0.3, 0.4) is 0 Å². The highest BCUT2D eigenvalue weighted by Gasteiger charge is 2.40. The molecule has 1 aromatic heterocycles. The number of hydrogen-bond acceptors (Lipinski definition) is 3. The number of hydrogen-bond donors (Lipinski definition) is 0. The Kier molecular flexibility index (Phi) is 1.65. The Morgan fingerprint density at radius 3 is 2.93 bits per heavy atom. The molecule has 0 N–H and O–H groups in total. The normalized spacial score (nSPS) is 30.3. The molecule has 1 fully saturated rings. The van der Waals surface area contributed by atoms with Gasteiger partial charge in [0.15, 0.2) is 5.78 Å². The molecule has 2 atom stereocenters. The molecule has 0 aliphatic heterocycles. The lowest BCUT2D eigenvalue weighted by atomic mass is 9.81. The van der Waals surface area contributed by atoms with Gasteiger partial charge in [-0.1, -0.05) is 0 Å². The summed E-state index contributed by atoms with van der Waals surface area (Å²) in [5.74, 6) is 0.257. The van der Waals surface area contributed by atoms with Crippen molar-refractivity contribution in [1.29, 1.82) is 0 Å². The third-order valence-corrected chi connectivity index (χ3v) is 4.26. The van der Waals surface area contributed by atoms with Crippen LogP contribution in [0.4, 0.5) is 0 Å². The molecule has 2 nitrogen and oxygen atoms in total. The van der Waals surface area contributed by atoms with Crippen LogP contribution in [0.1, 0.15) is 40.4 Å². The summed E-state index contributed by atoms with van der Waals surface area (Å²) >= 11 is 1.49. The summed E-state index contributed by atoms with van der Waals surface area (Å²) in [5, 5.41) is 1.97. The number of ketones is 2. The summed E-state index contributed by atoms with van der Waals surface area (Å²) in [4.78, 5) is 24.4. The first-order chi connectivity index (χ1) is 6.77.